The zero-order valence-corrected chi connectivity index (χ0v) is 15.1. The lowest BCUT2D eigenvalue weighted by molar-refractivity contribution is -0.140. The minimum absolute atomic E-state index is 0.00115. The summed E-state index contributed by atoms with van der Waals surface area (Å²) in [6.07, 6.45) is 4.85. The number of ether oxygens (including phenoxy) is 1. The van der Waals surface area contributed by atoms with Gasteiger partial charge in [0, 0.05) is 25.1 Å². The van der Waals surface area contributed by atoms with E-state index >= 15 is 0 Å². The molecule has 0 spiro atoms. The molecule has 1 aliphatic rings. The number of piperidine rings is 1. The topological polar surface area (TPSA) is 88.8 Å². The third-order valence-corrected chi connectivity index (χ3v) is 4.77. The van der Waals surface area contributed by atoms with Crippen molar-refractivity contribution in [2.45, 2.75) is 31.6 Å². The van der Waals surface area contributed by atoms with Gasteiger partial charge in [-0.3, -0.25) is 18.9 Å². The van der Waals surface area contributed by atoms with Gasteiger partial charge in [0.15, 0.2) is 5.65 Å². The first-order valence-corrected chi connectivity index (χ1v) is 9.03. The normalized spacial score (nSPS) is 15.9. The first-order valence-electron chi connectivity index (χ1n) is 9.03. The number of likely N-dealkylation sites (tertiary alicyclic amines) is 1. The summed E-state index contributed by atoms with van der Waals surface area (Å²) in [6, 6.07) is 5.90. The van der Waals surface area contributed by atoms with E-state index in [1.54, 1.807) is 0 Å². The molecule has 2 aromatic heterocycles. The van der Waals surface area contributed by atoms with Crippen LogP contribution in [0.1, 0.15) is 37.4 Å². The van der Waals surface area contributed by atoms with E-state index in [0.717, 1.165) is 37.4 Å². The molecule has 0 radical (unpaired) electrons. The molecular formula is C18H25N5O3. The van der Waals surface area contributed by atoms with Crippen molar-refractivity contribution in [2.24, 2.45) is 0 Å². The van der Waals surface area contributed by atoms with Crippen LogP contribution in [0.5, 0.6) is 0 Å². The Morgan fingerprint density at radius 1 is 1.27 bits per heavy atom. The van der Waals surface area contributed by atoms with E-state index in [0.29, 0.717) is 31.8 Å². The number of hydrogen-bond donors (Lipinski definition) is 1. The van der Waals surface area contributed by atoms with Gasteiger partial charge in [-0.25, -0.2) is 0 Å². The summed E-state index contributed by atoms with van der Waals surface area (Å²) in [5, 5.41) is 11.4. The Bertz CT molecular complexity index is 752. The highest BCUT2D eigenvalue weighted by molar-refractivity contribution is 5.78. The van der Waals surface area contributed by atoms with E-state index in [9.17, 15) is 9.59 Å². The molecular weight excluding hydrogens is 334 g/mol. The molecule has 1 fully saturated rings. The monoisotopic (exact) mass is 359 g/mol. The lowest BCUT2D eigenvalue weighted by Crippen LogP contribution is -2.41. The molecule has 3 heterocycles. The van der Waals surface area contributed by atoms with E-state index in [2.05, 4.69) is 25.2 Å². The highest BCUT2D eigenvalue weighted by atomic mass is 16.5. The van der Waals surface area contributed by atoms with Gasteiger partial charge in [0.2, 0.25) is 5.91 Å². The average Bonchev–Trinajstić information content (AvgIpc) is 3.10. The number of pyridine rings is 1. The fourth-order valence-electron chi connectivity index (χ4n) is 3.31. The van der Waals surface area contributed by atoms with Gasteiger partial charge in [0.05, 0.1) is 13.7 Å². The molecule has 0 aromatic carbocycles. The van der Waals surface area contributed by atoms with Crippen molar-refractivity contribution in [1.29, 1.82) is 0 Å². The van der Waals surface area contributed by atoms with Gasteiger partial charge < -0.3 is 10.1 Å². The SMILES string of the molecule is COC(=O)CCCNC(=O)CN1CCC(c2nnc3ccccn23)CC1. The van der Waals surface area contributed by atoms with Crippen LogP contribution < -0.4 is 5.32 Å². The average molecular weight is 359 g/mol. The number of esters is 1. The Hall–Kier alpha value is -2.48. The molecule has 8 nitrogen and oxygen atoms in total. The van der Waals surface area contributed by atoms with Crippen molar-refractivity contribution in [3.8, 4) is 0 Å². The van der Waals surface area contributed by atoms with Crippen molar-refractivity contribution >= 4 is 17.5 Å². The second kappa shape index (κ2) is 8.75. The Morgan fingerprint density at radius 2 is 2.08 bits per heavy atom. The van der Waals surface area contributed by atoms with Gasteiger partial charge in [-0.1, -0.05) is 6.07 Å². The molecule has 8 heteroatoms. The molecule has 26 heavy (non-hydrogen) atoms. The summed E-state index contributed by atoms with van der Waals surface area (Å²) in [4.78, 5) is 25.2. The number of fused-ring (bicyclic) bond motifs is 1. The maximum atomic E-state index is 12.0. The number of nitrogens with zero attached hydrogens (tertiary/aromatic N) is 4. The Labute approximate surface area is 152 Å². The summed E-state index contributed by atoms with van der Waals surface area (Å²) >= 11 is 0. The first-order chi connectivity index (χ1) is 12.7. The highest BCUT2D eigenvalue weighted by Crippen LogP contribution is 2.26. The van der Waals surface area contributed by atoms with Crippen LogP contribution in [0.3, 0.4) is 0 Å². The van der Waals surface area contributed by atoms with Crippen LogP contribution in [0.25, 0.3) is 5.65 Å². The number of aromatic nitrogens is 3. The third kappa shape index (κ3) is 4.57. The van der Waals surface area contributed by atoms with Crippen LogP contribution >= 0.6 is 0 Å². The quantitative estimate of drug-likeness (QED) is 0.586. The number of hydrogen-bond acceptors (Lipinski definition) is 6. The lowest BCUT2D eigenvalue weighted by atomic mass is 9.96. The van der Waals surface area contributed by atoms with Gasteiger partial charge in [0.25, 0.3) is 0 Å². The minimum atomic E-state index is -0.248. The maximum Gasteiger partial charge on any atom is 0.305 e. The smallest absolute Gasteiger partial charge is 0.305 e. The molecule has 0 bridgehead atoms. The van der Waals surface area contributed by atoms with Gasteiger partial charge in [-0.05, 0) is 44.5 Å². The molecule has 0 saturated carbocycles. The number of rotatable bonds is 7. The fourth-order valence-corrected chi connectivity index (χ4v) is 3.31. The molecule has 3 rings (SSSR count). The van der Waals surface area contributed by atoms with Crippen LogP contribution in [0.2, 0.25) is 0 Å². The van der Waals surface area contributed by atoms with Crippen LogP contribution in [-0.2, 0) is 14.3 Å². The lowest BCUT2D eigenvalue weighted by Gasteiger charge is -2.30. The standard InChI is InChI=1S/C18H25N5O3/c1-26-17(25)6-4-9-19-16(24)13-22-11-7-14(8-12-22)18-21-20-15-5-2-3-10-23(15)18/h2-3,5,10,14H,4,6-9,11-13H2,1H3,(H,19,24). The fraction of sp³-hybridized carbons (Fsp3) is 0.556. The van der Waals surface area contributed by atoms with Crippen LogP contribution in [0.15, 0.2) is 24.4 Å². The predicted octanol–water partition coefficient (Wildman–Crippen LogP) is 0.978. The van der Waals surface area contributed by atoms with Crippen molar-refractivity contribution in [3.05, 3.63) is 30.2 Å². The van der Waals surface area contributed by atoms with Crippen molar-refractivity contribution < 1.29 is 14.3 Å². The van der Waals surface area contributed by atoms with Crippen molar-refractivity contribution in [2.75, 3.05) is 33.3 Å². The Balaban J connectivity index is 1.41. The van der Waals surface area contributed by atoms with Gasteiger partial charge in [-0.2, -0.15) is 0 Å². The molecule has 2 aromatic rings. The number of carbonyl (C=O) groups is 2. The van der Waals surface area contributed by atoms with E-state index in [-0.39, 0.29) is 11.9 Å². The van der Waals surface area contributed by atoms with E-state index < -0.39 is 0 Å². The summed E-state index contributed by atoms with van der Waals surface area (Å²) in [5.41, 5.74) is 0.872. The van der Waals surface area contributed by atoms with E-state index in [1.807, 2.05) is 28.8 Å². The van der Waals surface area contributed by atoms with Crippen LogP contribution in [-0.4, -0.2) is 64.7 Å². The number of nitrogens with one attached hydrogen (secondary N) is 1. The number of methoxy groups -OCH3 is 1. The summed E-state index contributed by atoms with van der Waals surface area (Å²) in [6.45, 7) is 2.62. The zero-order chi connectivity index (χ0) is 18.4. The summed E-state index contributed by atoms with van der Waals surface area (Å²) in [5.74, 6) is 1.13. The van der Waals surface area contributed by atoms with E-state index in [4.69, 9.17) is 0 Å². The molecule has 0 atom stereocenters. The van der Waals surface area contributed by atoms with Gasteiger partial charge >= 0.3 is 5.97 Å². The summed E-state index contributed by atoms with van der Waals surface area (Å²) < 4.78 is 6.62. The van der Waals surface area contributed by atoms with Crippen LogP contribution in [0.4, 0.5) is 0 Å². The molecule has 1 N–H and O–H groups in total. The second-order valence-electron chi connectivity index (χ2n) is 6.57. The van der Waals surface area contributed by atoms with Gasteiger partial charge in [0.1, 0.15) is 5.82 Å². The largest absolute Gasteiger partial charge is 0.469 e. The zero-order valence-electron chi connectivity index (χ0n) is 15.1. The van der Waals surface area contributed by atoms with Gasteiger partial charge in [-0.15, -0.1) is 10.2 Å². The first kappa shape index (κ1) is 18.3. The third-order valence-electron chi connectivity index (χ3n) is 4.77. The molecule has 0 aliphatic carbocycles. The minimum Gasteiger partial charge on any atom is -0.469 e. The molecule has 1 amide bonds. The molecule has 1 saturated heterocycles. The molecule has 0 unspecified atom stereocenters. The van der Waals surface area contributed by atoms with Crippen LogP contribution in [0, 0.1) is 0 Å². The second-order valence-corrected chi connectivity index (χ2v) is 6.57. The molecule has 1 aliphatic heterocycles. The number of carbonyl (C=O) groups excluding carboxylic acids is 2. The Morgan fingerprint density at radius 3 is 2.85 bits per heavy atom. The molecule has 140 valence electrons. The summed E-state index contributed by atoms with van der Waals surface area (Å²) in [7, 11) is 1.37. The Kier molecular flexibility index (Phi) is 6.17. The predicted molar refractivity (Wildman–Crippen MR) is 95.7 cm³/mol. The van der Waals surface area contributed by atoms with Crippen molar-refractivity contribution in [3.63, 3.8) is 0 Å². The van der Waals surface area contributed by atoms with E-state index in [1.165, 1.54) is 7.11 Å². The maximum absolute atomic E-state index is 12.0. The number of amides is 1. The highest BCUT2D eigenvalue weighted by Gasteiger charge is 2.25. The van der Waals surface area contributed by atoms with Crippen molar-refractivity contribution in [1.82, 2.24) is 24.8 Å².